The summed E-state index contributed by atoms with van der Waals surface area (Å²) in [5, 5.41) is 0. The molecule has 6 heteroatoms. The fourth-order valence-electron chi connectivity index (χ4n) is 1.79. The molecule has 1 heterocycles. The van der Waals surface area contributed by atoms with Crippen molar-refractivity contribution in [3.8, 4) is 0 Å². The zero-order chi connectivity index (χ0) is 14.7. The lowest BCUT2D eigenvalue weighted by Gasteiger charge is -2.08. The lowest BCUT2D eigenvalue weighted by Crippen LogP contribution is -2.42. The van der Waals surface area contributed by atoms with Gasteiger partial charge in [0, 0.05) is 23.3 Å². The van der Waals surface area contributed by atoms with Crippen molar-refractivity contribution in [3.63, 3.8) is 0 Å². The Hall–Kier alpha value is -2.08. The van der Waals surface area contributed by atoms with Gasteiger partial charge in [0.25, 0.3) is 11.8 Å². The Morgan fingerprint density at radius 1 is 1.15 bits per heavy atom. The second-order valence-corrected chi connectivity index (χ2v) is 5.35. The third-order valence-electron chi connectivity index (χ3n) is 2.77. The minimum atomic E-state index is -0.376. The van der Waals surface area contributed by atoms with E-state index in [0.29, 0.717) is 11.3 Å². The Bertz CT molecular complexity index is 664. The van der Waals surface area contributed by atoms with Gasteiger partial charge in [-0.3, -0.25) is 20.4 Å². The van der Waals surface area contributed by atoms with Gasteiger partial charge in [0.2, 0.25) is 0 Å². The first-order valence-corrected chi connectivity index (χ1v) is 6.76. The lowest BCUT2D eigenvalue weighted by molar-refractivity contribution is 0.0842. The summed E-state index contributed by atoms with van der Waals surface area (Å²) in [5.41, 5.74) is 6.71. The Morgan fingerprint density at radius 3 is 2.45 bits per heavy atom. The molecular formula is C14H14BrN3O2. The molecule has 2 N–H and O–H groups in total. The van der Waals surface area contributed by atoms with Gasteiger partial charge < -0.3 is 4.57 Å². The van der Waals surface area contributed by atoms with Crippen LogP contribution in [-0.4, -0.2) is 16.4 Å². The molecule has 0 fully saturated rings. The molecule has 1 aromatic heterocycles. The van der Waals surface area contributed by atoms with Crippen LogP contribution in [0.5, 0.6) is 0 Å². The van der Waals surface area contributed by atoms with Gasteiger partial charge in [-0.25, -0.2) is 0 Å². The van der Waals surface area contributed by atoms with Crippen LogP contribution in [0, 0.1) is 6.92 Å². The zero-order valence-electron chi connectivity index (χ0n) is 11.1. The number of carbonyl (C=O) groups excluding carboxylic acids is 2. The molecule has 0 aliphatic carbocycles. The van der Waals surface area contributed by atoms with E-state index in [4.69, 9.17) is 0 Å². The molecule has 1 aromatic carbocycles. The average Bonchev–Trinajstić information content (AvgIpc) is 2.74. The normalized spacial score (nSPS) is 10.2. The number of aryl methyl sites for hydroxylation is 2. The number of rotatable bonds is 2. The zero-order valence-corrected chi connectivity index (χ0v) is 12.7. The van der Waals surface area contributed by atoms with E-state index in [1.807, 2.05) is 13.0 Å². The van der Waals surface area contributed by atoms with Crippen LogP contribution in [0.15, 0.2) is 41.0 Å². The van der Waals surface area contributed by atoms with Crippen LogP contribution >= 0.6 is 15.9 Å². The van der Waals surface area contributed by atoms with Crippen molar-refractivity contribution in [3.05, 3.63) is 57.8 Å². The van der Waals surface area contributed by atoms with Crippen molar-refractivity contribution < 1.29 is 9.59 Å². The van der Waals surface area contributed by atoms with Crippen LogP contribution in [0.3, 0.4) is 0 Å². The van der Waals surface area contributed by atoms with Crippen molar-refractivity contribution >= 4 is 27.7 Å². The number of halogens is 1. The minimum Gasteiger partial charge on any atom is -0.345 e. The van der Waals surface area contributed by atoms with Gasteiger partial charge in [-0.05, 0) is 41.1 Å². The molecule has 5 nitrogen and oxygen atoms in total. The topological polar surface area (TPSA) is 63.1 Å². The molecule has 20 heavy (non-hydrogen) atoms. The highest BCUT2D eigenvalue weighted by molar-refractivity contribution is 9.10. The summed E-state index contributed by atoms with van der Waals surface area (Å²) in [6.45, 7) is 1.90. The minimum absolute atomic E-state index is 0.352. The van der Waals surface area contributed by atoms with Gasteiger partial charge >= 0.3 is 0 Å². The van der Waals surface area contributed by atoms with E-state index < -0.39 is 0 Å². The van der Waals surface area contributed by atoms with Crippen molar-refractivity contribution in [2.45, 2.75) is 6.92 Å². The molecule has 2 aromatic rings. The second kappa shape index (κ2) is 5.92. The summed E-state index contributed by atoms with van der Waals surface area (Å²) in [7, 11) is 1.75. The maximum Gasteiger partial charge on any atom is 0.286 e. The van der Waals surface area contributed by atoms with Crippen LogP contribution in [-0.2, 0) is 7.05 Å². The van der Waals surface area contributed by atoms with E-state index in [9.17, 15) is 9.59 Å². The maximum atomic E-state index is 11.9. The Balaban J connectivity index is 2.00. The van der Waals surface area contributed by atoms with Crippen LogP contribution in [0.25, 0.3) is 0 Å². The van der Waals surface area contributed by atoms with E-state index in [-0.39, 0.29) is 11.8 Å². The molecule has 0 spiro atoms. The van der Waals surface area contributed by atoms with E-state index in [1.54, 1.807) is 42.1 Å². The summed E-state index contributed by atoms with van der Waals surface area (Å²) in [6.07, 6.45) is 1.76. The quantitative estimate of drug-likeness (QED) is 0.826. The van der Waals surface area contributed by atoms with Gasteiger partial charge in [-0.15, -0.1) is 0 Å². The number of amides is 2. The first-order chi connectivity index (χ1) is 9.47. The van der Waals surface area contributed by atoms with Crippen molar-refractivity contribution in [2.24, 2.45) is 7.05 Å². The van der Waals surface area contributed by atoms with Gasteiger partial charge in [0.15, 0.2) is 0 Å². The Labute approximate surface area is 125 Å². The third kappa shape index (κ3) is 3.27. The average molecular weight is 336 g/mol. The number of aromatic nitrogens is 1. The number of hydrogen-bond acceptors (Lipinski definition) is 2. The van der Waals surface area contributed by atoms with Crippen molar-refractivity contribution in [1.29, 1.82) is 0 Å². The van der Waals surface area contributed by atoms with Gasteiger partial charge in [0.05, 0.1) is 0 Å². The highest BCUT2D eigenvalue weighted by atomic mass is 79.9. The number of hydrogen-bond donors (Lipinski definition) is 2. The molecule has 0 saturated heterocycles. The molecule has 2 amide bonds. The number of carbonyl (C=O) groups is 2. The van der Waals surface area contributed by atoms with Gasteiger partial charge in [-0.2, -0.15) is 0 Å². The number of hydrazine groups is 1. The smallest absolute Gasteiger partial charge is 0.286 e. The summed E-state index contributed by atoms with van der Waals surface area (Å²) in [6, 6.07) is 8.81. The van der Waals surface area contributed by atoms with Crippen molar-refractivity contribution in [1.82, 2.24) is 15.4 Å². The lowest BCUT2D eigenvalue weighted by atomic mass is 10.1. The largest absolute Gasteiger partial charge is 0.345 e. The molecule has 0 unspecified atom stereocenters. The fourth-order valence-corrected chi connectivity index (χ4v) is 2.31. The molecule has 0 aliphatic heterocycles. The van der Waals surface area contributed by atoms with Crippen LogP contribution < -0.4 is 10.9 Å². The third-order valence-corrected chi connectivity index (χ3v) is 3.21. The standard InChI is InChI=1S/C14H14BrN3O2/c1-9-4-3-5-10(6-9)13(19)16-17-14(20)12-7-11(15)8-18(12)2/h3-8H,1-2H3,(H,16,19)(H,17,20). The Kier molecular flexibility index (Phi) is 4.24. The highest BCUT2D eigenvalue weighted by Crippen LogP contribution is 2.13. The van der Waals surface area contributed by atoms with E-state index in [2.05, 4.69) is 26.8 Å². The van der Waals surface area contributed by atoms with Gasteiger partial charge in [-0.1, -0.05) is 17.7 Å². The molecule has 104 valence electrons. The monoisotopic (exact) mass is 335 g/mol. The molecule has 0 aliphatic rings. The second-order valence-electron chi connectivity index (χ2n) is 4.43. The summed E-state index contributed by atoms with van der Waals surface area (Å²) in [4.78, 5) is 23.8. The van der Waals surface area contributed by atoms with Crippen molar-refractivity contribution in [2.75, 3.05) is 0 Å². The summed E-state index contributed by atoms with van der Waals surface area (Å²) >= 11 is 3.29. The SMILES string of the molecule is Cc1cccc(C(=O)NNC(=O)c2cc(Br)cn2C)c1. The molecule has 0 radical (unpaired) electrons. The van der Waals surface area contributed by atoms with E-state index >= 15 is 0 Å². The predicted octanol–water partition coefficient (Wildman–Crippen LogP) is 2.17. The maximum absolute atomic E-state index is 11.9. The fraction of sp³-hybridized carbons (Fsp3) is 0.143. The molecule has 2 rings (SSSR count). The predicted molar refractivity (Wildman–Crippen MR) is 79.2 cm³/mol. The van der Waals surface area contributed by atoms with Crippen LogP contribution in [0.2, 0.25) is 0 Å². The van der Waals surface area contributed by atoms with Crippen LogP contribution in [0.4, 0.5) is 0 Å². The van der Waals surface area contributed by atoms with E-state index in [0.717, 1.165) is 10.0 Å². The molecule has 0 bridgehead atoms. The number of benzene rings is 1. The first kappa shape index (κ1) is 14.3. The molecule has 0 saturated carbocycles. The number of nitrogens with zero attached hydrogens (tertiary/aromatic N) is 1. The summed E-state index contributed by atoms with van der Waals surface area (Å²) in [5.74, 6) is -0.727. The summed E-state index contributed by atoms with van der Waals surface area (Å²) < 4.78 is 2.47. The highest BCUT2D eigenvalue weighted by Gasteiger charge is 2.12. The van der Waals surface area contributed by atoms with Gasteiger partial charge in [0.1, 0.15) is 5.69 Å². The number of nitrogens with one attached hydrogen (secondary N) is 2. The molecule has 0 atom stereocenters. The Morgan fingerprint density at radius 2 is 1.85 bits per heavy atom. The van der Waals surface area contributed by atoms with Crippen LogP contribution in [0.1, 0.15) is 26.4 Å². The van der Waals surface area contributed by atoms with E-state index in [1.165, 1.54) is 0 Å². The molecular weight excluding hydrogens is 322 g/mol. The first-order valence-electron chi connectivity index (χ1n) is 5.96.